The topological polar surface area (TPSA) is 87.5 Å². The van der Waals surface area contributed by atoms with E-state index in [-0.39, 0.29) is 18.4 Å². The first-order valence-electron chi connectivity index (χ1n) is 13.1. The van der Waals surface area contributed by atoms with E-state index in [1.165, 1.54) is 0 Å². The maximum atomic E-state index is 12.1. The SMILES string of the molecule is CC/C=C\C/C=C\C/C=C\C/C=C\C/C=C\C/C=C\CCC(=O)NCC(C(N)=O)N1CCNCC1. The summed E-state index contributed by atoms with van der Waals surface area (Å²) in [5.74, 6) is -0.435. The number of hydrogen-bond donors (Lipinski definition) is 3. The lowest BCUT2D eigenvalue weighted by Crippen LogP contribution is -2.56. The van der Waals surface area contributed by atoms with Crippen molar-refractivity contribution >= 4 is 11.8 Å². The van der Waals surface area contributed by atoms with Gasteiger partial charge in [-0.2, -0.15) is 0 Å². The normalized spacial score (nSPS) is 16.6. The molecule has 35 heavy (non-hydrogen) atoms. The lowest BCUT2D eigenvalue weighted by atomic mass is 10.2. The van der Waals surface area contributed by atoms with Crippen LogP contribution in [0.5, 0.6) is 0 Å². The molecule has 0 saturated carbocycles. The van der Waals surface area contributed by atoms with E-state index in [2.05, 4.69) is 84.4 Å². The molecule has 0 aromatic carbocycles. The minimum atomic E-state index is -0.438. The van der Waals surface area contributed by atoms with E-state index in [1.54, 1.807) is 0 Å². The van der Waals surface area contributed by atoms with Crippen LogP contribution in [-0.4, -0.2) is 55.5 Å². The van der Waals surface area contributed by atoms with Gasteiger partial charge in [-0.05, 0) is 44.9 Å². The number of piperazine rings is 1. The summed E-state index contributed by atoms with van der Waals surface area (Å²) < 4.78 is 0. The fourth-order valence-corrected chi connectivity index (χ4v) is 3.56. The number of carbonyl (C=O) groups excluding carboxylic acids is 2. The van der Waals surface area contributed by atoms with Gasteiger partial charge in [-0.3, -0.25) is 14.5 Å². The van der Waals surface area contributed by atoms with Gasteiger partial charge in [0.2, 0.25) is 11.8 Å². The molecule has 1 atom stereocenters. The summed E-state index contributed by atoms with van der Waals surface area (Å²) in [7, 11) is 0. The summed E-state index contributed by atoms with van der Waals surface area (Å²) in [6.45, 7) is 5.62. The molecule has 1 fully saturated rings. The fourth-order valence-electron chi connectivity index (χ4n) is 3.56. The average molecular weight is 483 g/mol. The molecule has 1 unspecified atom stereocenters. The Bertz CT molecular complexity index is 744. The smallest absolute Gasteiger partial charge is 0.236 e. The molecule has 0 aromatic rings. The van der Waals surface area contributed by atoms with Gasteiger partial charge < -0.3 is 16.4 Å². The number of allylic oxidation sites excluding steroid dienone is 12. The maximum Gasteiger partial charge on any atom is 0.236 e. The molecule has 1 rings (SSSR count). The van der Waals surface area contributed by atoms with Crippen molar-refractivity contribution in [1.82, 2.24) is 15.5 Å². The largest absolute Gasteiger partial charge is 0.368 e. The van der Waals surface area contributed by atoms with Crippen molar-refractivity contribution in [2.45, 2.75) is 64.3 Å². The summed E-state index contributed by atoms with van der Waals surface area (Å²) in [4.78, 5) is 25.8. The van der Waals surface area contributed by atoms with Crippen LogP contribution in [0.2, 0.25) is 0 Å². The van der Waals surface area contributed by atoms with Crippen LogP contribution in [0.25, 0.3) is 0 Å². The van der Waals surface area contributed by atoms with Crippen molar-refractivity contribution in [3.63, 3.8) is 0 Å². The first-order valence-corrected chi connectivity index (χ1v) is 13.1. The van der Waals surface area contributed by atoms with Gasteiger partial charge in [-0.1, -0.05) is 79.8 Å². The Morgan fingerprint density at radius 3 is 1.71 bits per heavy atom. The molecule has 1 saturated heterocycles. The molecule has 0 aliphatic carbocycles. The second-order valence-corrected chi connectivity index (χ2v) is 8.46. The van der Waals surface area contributed by atoms with E-state index in [0.717, 1.165) is 64.7 Å². The number of nitrogens with two attached hydrogens (primary N) is 1. The zero-order valence-corrected chi connectivity index (χ0v) is 21.5. The summed E-state index contributed by atoms with van der Waals surface area (Å²) >= 11 is 0. The predicted molar refractivity (Wildman–Crippen MR) is 148 cm³/mol. The van der Waals surface area contributed by atoms with Crippen LogP contribution in [0.4, 0.5) is 0 Å². The van der Waals surface area contributed by atoms with Crippen LogP contribution in [0, 0.1) is 0 Å². The van der Waals surface area contributed by atoms with Crippen molar-refractivity contribution in [3.8, 4) is 0 Å². The Labute approximate surface area is 212 Å². The van der Waals surface area contributed by atoms with Crippen LogP contribution < -0.4 is 16.4 Å². The third-order valence-electron chi connectivity index (χ3n) is 5.55. The highest BCUT2D eigenvalue weighted by Gasteiger charge is 2.25. The standard InChI is InChI=1S/C29H46N4O2/c1-2-3-4-5-6-7-8-9-10-11-12-13-14-15-16-17-18-19-20-21-28(34)32-26-27(29(30)35)33-24-22-31-23-25-33/h3-4,6-7,9-10,12-13,15-16,18-19,27,31H,2,5,8,11,14,17,20-26H2,1H3,(H2,30,35)(H,32,34)/b4-3-,7-6-,10-9-,13-12-,16-15-,19-18-. The zero-order valence-electron chi connectivity index (χ0n) is 21.5. The molecule has 6 heteroatoms. The Morgan fingerprint density at radius 2 is 1.26 bits per heavy atom. The second-order valence-electron chi connectivity index (χ2n) is 8.46. The molecule has 1 aliphatic heterocycles. The van der Waals surface area contributed by atoms with E-state index in [9.17, 15) is 9.59 Å². The van der Waals surface area contributed by atoms with Crippen molar-refractivity contribution in [1.29, 1.82) is 0 Å². The van der Waals surface area contributed by atoms with E-state index in [4.69, 9.17) is 5.73 Å². The molecule has 1 heterocycles. The first kappa shape index (κ1) is 30.3. The van der Waals surface area contributed by atoms with Gasteiger partial charge in [-0.25, -0.2) is 0 Å². The molecule has 0 aromatic heterocycles. The number of carbonyl (C=O) groups is 2. The lowest BCUT2D eigenvalue weighted by molar-refractivity contribution is -0.124. The van der Waals surface area contributed by atoms with E-state index in [0.29, 0.717) is 12.8 Å². The average Bonchev–Trinajstić information content (AvgIpc) is 2.86. The summed E-state index contributed by atoms with van der Waals surface area (Å²) in [5, 5.41) is 6.10. The third-order valence-corrected chi connectivity index (χ3v) is 5.55. The highest BCUT2D eigenvalue weighted by molar-refractivity contribution is 5.82. The molecule has 6 nitrogen and oxygen atoms in total. The molecular weight excluding hydrogens is 436 g/mol. The number of nitrogens with zero attached hydrogens (tertiary/aromatic N) is 1. The fraction of sp³-hybridized carbons (Fsp3) is 0.517. The Kier molecular flexibility index (Phi) is 18.9. The van der Waals surface area contributed by atoms with Gasteiger partial charge in [0.1, 0.15) is 6.04 Å². The van der Waals surface area contributed by atoms with Gasteiger partial charge in [0, 0.05) is 39.1 Å². The first-order chi connectivity index (χ1) is 17.1. The highest BCUT2D eigenvalue weighted by Crippen LogP contribution is 2.02. The number of amides is 2. The summed E-state index contributed by atoms with van der Waals surface area (Å²) in [5.41, 5.74) is 5.52. The molecule has 4 N–H and O–H groups in total. The quantitative estimate of drug-likeness (QED) is 0.254. The van der Waals surface area contributed by atoms with Crippen molar-refractivity contribution < 1.29 is 9.59 Å². The number of primary amides is 1. The lowest BCUT2D eigenvalue weighted by Gasteiger charge is -2.33. The monoisotopic (exact) mass is 482 g/mol. The maximum absolute atomic E-state index is 12.1. The van der Waals surface area contributed by atoms with Gasteiger partial charge in [-0.15, -0.1) is 0 Å². The minimum Gasteiger partial charge on any atom is -0.368 e. The van der Waals surface area contributed by atoms with Crippen LogP contribution >= 0.6 is 0 Å². The number of rotatable bonds is 18. The van der Waals surface area contributed by atoms with Crippen LogP contribution in [0.1, 0.15) is 58.3 Å². The Hall–Kier alpha value is -2.70. The van der Waals surface area contributed by atoms with Crippen molar-refractivity contribution in [2.75, 3.05) is 32.7 Å². The van der Waals surface area contributed by atoms with E-state index in [1.807, 2.05) is 11.0 Å². The minimum absolute atomic E-state index is 0.0501. The number of hydrogen-bond acceptors (Lipinski definition) is 4. The van der Waals surface area contributed by atoms with Gasteiger partial charge in [0.05, 0.1) is 0 Å². The molecule has 0 spiro atoms. The molecular formula is C29H46N4O2. The molecule has 194 valence electrons. The molecule has 1 aliphatic rings. The van der Waals surface area contributed by atoms with Crippen molar-refractivity contribution in [3.05, 3.63) is 72.9 Å². The van der Waals surface area contributed by atoms with Crippen molar-refractivity contribution in [2.24, 2.45) is 5.73 Å². The summed E-state index contributed by atoms with van der Waals surface area (Å²) in [6.07, 6.45) is 33.0. The molecule has 0 radical (unpaired) electrons. The van der Waals surface area contributed by atoms with Gasteiger partial charge in [0.15, 0.2) is 0 Å². The zero-order chi connectivity index (χ0) is 25.4. The third kappa shape index (κ3) is 17.4. The number of nitrogens with one attached hydrogen (secondary N) is 2. The summed E-state index contributed by atoms with van der Waals surface area (Å²) in [6, 6.07) is -0.438. The van der Waals surface area contributed by atoms with Gasteiger partial charge in [0.25, 0.3) is 0 Å². The van der Waals surface area contributed by atoms with Gasteiger partial charge >= 0.3 is 0 Å². The molecule has 0 bridgehead atoms. The second kappa shape index (κ2) is 21.8. The van der Waals surface area contributed by atoms with Crippen LogP contribution in [0.15, 0.2) is 72.9 Å². The Balaban J connectivity index is 2.05. The van der Waals surface area contributed by atoms with Crippen LogP contribution in [0.3, 0.4) is 0 Å². The van der Waals surface area contributed by atoms with E-state index < -0.39 is 6.04 Å². The van der Waals surface area contributed by atoms with E-state index >= 15 is 0 Å². The molecule has 2 amide bonds. The Morgan fingerprint density at radius 1 is 0.800 bits per heavy atom. The highest BCUT2D eigenvalue weighted by atomic mass is 16.2. The predicted octanol–water partition coefficient (Wildman–Crippen LogP) is 4.34. The van der Waals surface area contributed by atoms with Crippen LogP contribution in [-0.2, 0) is 9.59 Å².